The third kappa shape index (κ3) is 4.20. The van der Waals surface area contributed by atoms with Gasteiger partial charge in [-0.25, -0.2) is 0 Å². The Morgan fingerprint density at radius 2 is 1.93 bits per heavy atom. The van der Waals surface area contributed by atoms with Gasteiger partial charge in [0.05, 0.1) is 0 Å². The van der Waals surface area contributed by atoms with E-state index in [9.17, 15) is 9.59 Å². The molecule has 158 valence electrons. The van der Waals surface area contributed by atoms with Gasteiger partial charge in [0, 0.05) is 40.8 Å². The summed E-state index contributed by atoms with van der Waals surface area (Å²) in [4.78, 5) is 28.3. The lowest BCUT2D eigenvalue weighted by molar-refractivity contribution is -0.121. The number of Topliss-reactive ketones (excluding diaryl/α,β-unsaturated/α-hetero) is 1. The fourth-order valence-corrected chi connectivity index (χ4v) is 6.09. The second kappa shape index (κ2) is 8.44. The molecule has 0 saturated carbocycles. The Labute approximate surface area is 189 Å². The lowest BCUT2D eigenvalue weighted by atomic mass is 9.69. The summed E-state index contributed by atoms with van der Waals surface area (Å²) in [6.07, 6.45) is 2.42. The van der Waals surface area contributed by atoms with E-state index in [1.54, 1.807) is 16.7 Å². The lowest BCUT2D eigenvalue weighted by Gasteiger charge is -2.41. The van der Waals surface area contributed by atoms with Crippen molar-refractivity contribution in [1.29, 1.82) is 0 Å². The van der Waals surface area contributed by atoms with Gasteiger partial charge in [-0.05, 0) is 36.0 Å². The third-order valence-electron chi connectivity index (χ3n) is 5.43. The van der Waals surface area contributed by atoms with Crippen LogP contribution in [0.15, 0.2) is 39.9 Å². The summed E-state index contributed by atoms with van der Waals surface area (Å²) >= 11 is 9.12. The number of hydrogen-bond acceptors (Lipinski definition) is 6. The van der Waals surface area contributed by atoms with Crippen LogP contribution in [0.5, 0.6) is 0 Å². The van der Waals surface area contributed by atoms with Crippen molar-refractivity contribution < 1.29 is 9.59 Å². The van der Waals surface area contributed by atoms with Crippen LogP contribution in [0.2, 0.25) is 5.02 Å². The predicted molar refractivity (Wildman–Crippen MR) is 122 cm³/mol. The SMILES string of the molecule is CCCSc1nnc(N2C(=O)C[C@H](c3ccc(Cl)cc3)C3=C2CC(C)(C)CC3=O)s1. The summed E-state index contributed by atoms with van der Waals surface area (Å²) in [5.41, 5.74) is 2.27. The highest BCUT2D eigenvalue weighted by molar-refractivity contribution is 8.01. The minimum atomic E-state index is -0.244. The van der Waals surface area contributed by atoms with Gasteiger partial charge in [0.2, 0.25) is 11.0 Å². The Bertz CT molecular complexity index is 1010. The fraction of sp³-hybridized carbons (Fsp3) is 0.455. The van der Waals surface area contributed by atoms with Crippen molar-refractivity contribution in [2.24, 2.45) is 5.41 Å². The van der Waals surface area contributed by atoms with Crippen molar-refractivity contribution in [3.05, 3.63) is 46.1 Å². The molecule has 1 aliphatic heterocycles. The van der Waals surface area contributed by atoms with E-state index in [2.05, 4.69) is 31.0 Å². The molecule has 0 saturated heterocycles. The van der Waals surface area contributed by atoms with Crippen molar-refractivity contribution in [3.8, 4) is 0 Å². The molecule has 0 fully saturated rings. The highest BCUT2D eigenvalue weighted by Gasteiger charge is 2.45. The number of nitrogens with zero attached hydrogens (tertiary/aromatic N) is 3. The Balaban J connectivity index is 1.80. The molecule has 2 aliphatic rings. The molecule has 5 nitrogen and oxygen atoms in total. The molecule has 1 aromatic carbocycles. The van der Waals surface area contributed by atoms with Crippen LogP contribution in [-0.2, 0) is 9.59 Å². The number of allylic oxidation sites excluding steroid dienone is 2. The molecular weight excluding hydrogens is 438 g/mol. The van der Waals surface area contributed by atoms with Gasteiger partial charge in [0.25, 0.3) is 0 Å². The Morgan fingerprint density at radius 3 is 2.63 bits per heavy atom. The molecule has 0 N–H and O–H groups in total. The standard InChI is InChI=1S/C22H24ClN3O2S2/c1-4-9-29-21-25-24-20(30-21)26-16-11-22(2,3)12-17(27)19(16)15(10-18(26)28)13-5-7-14(23)8-6-13/h5-8,15H,4,9-12H2,1-3H3/t15-/m1/s1. The molecule has 0 unspecified atom stereocenters. The summed E-state index contributed by atoms with van der Waals surface area (Å²) in [5.74, 6) is 0.790. The minimum Gasteiger partial charge on any atom is -0.294 e. The van der Waals surface area contributed by atoms with Gasteiger partial charge >= 0.3 is 0 Å². The number of benzene rings is 1. The number of thioether (sulfide) groups is 1. The molecule has 1 aromatic heterocycles. The average molecular weight is 462 g/mol. The number of hydrogen-bond donors (Lipinski definition) is 0. The molecule has 0 spiro atoms. The van der Waals surface area contributed by atoms with Gasteiger partial charge in [0.15, 0.2) is 10.1 Å². The van der Waals surface area contributed by atoms with Crippen LogP contribution in [0.3, 0.4) is 0 Å². The number of anilines is 1. The van der Waals surface area contributed by atoms with Gasteiger partial charge in [-0.15, -0.1) is 10.2 Å². The van der Waals surface area contributed by atoms with Crippen LogP contribution < -0.4 is 4.90 Å². The monoisotopic (exact) mass is 461 g/mol. The van der Waals surface area contributed by atoms with Gasteiger partial charge < -0.3 is 0 Å². The van der Waals surface area contributed by atoms with Crippen LogP contribution in [-0.4, -0.2) is 27.6 Å². The summed E-state index contributed by atoms with van der Waals surface area (Å²) in [5, 5.41) is 9.76. The summed E-state index contributed by atoms with van der Waals surface area (Å²) in [6, 6.07) is 7.45. The van der Waals surface area contributed by atoms with Crippen molar-refractivity contribution >= 4 is 51.5 Å². The van der Waals surface area contributed by atoms with E-state index in [0.29, 0.717) is 23.0 Å². The van der Waals surface area contributed by atoms with Crippen molar-refractivity contribution in [2.75, 3.05) is 10.7 Å². The number of amides is 1. The number of aromatic nitrogens is 2. The zero-order valence-electron chi connectivity index (χ0n) is 17.3. The first kappa shape index (κ1) is 21.5. The van der Waals surface area contributed by atoms with E-state index in [1.165, 1.54) is 11.3 Å². The highest BCUT2D eigenvalue weighted by Crippen LogP contribution is 2.48. The van der Waals surface area contributed by atoms with Crippen LogP contribution >= 0.6 is 34.7 Å². The molecule has 1 aliphatic carbocycles. The Kier molecular flexibility index (Phi) is 6.06. The molecule has 2 heterocycles. The largest absolute Gasteiger partial charge is 0.294 e. The van der Waals surface area contributed by atoms with Crippen LogP contribution in [0, 0.1) is 5.41 Å². The summed E-state index contributed by atoms with van der Waals surface area (Å²) in [7, 11) is 0. The second-order valence-corrected chi connectivity index (χ2v) is 11.3. The summed E-state index contributed by atoms with van der Waals surface area (Å²) in [6.45, 7) is 6.27. The van der Waals surface area contributed by atoms with E-state index in [0.717, 1.165) is 33.3 Å². The van der Waals surface area contributed by atoms with E-state index in [-0.39, 0.29) is 29.4 Å². The average Bonchev–Trinajstić information content (AvgIpc) is 3.13. The zero-order valence-corrected chi connectivity index (χ0v) is 19.7. The normalized spacial score (nSPS) is 21.2. The first-order valence-corrected chi connectivity index (χ1v) is 12.3. The lowest BCUT2D eigenvalue weighted by Crippen LogP contribution is -2.43. The fourth-order valence-electron chi connectivity index (χ4n) is 4.16. The summed E-state index contributed by atoms with van der Waals surface area (Å²) < 4.78 is 0.850. The molecular formula is C22H24ClN3O2S2. The van der Waals surface area contributed by atoms with E-state index >= 15 is 0 Å². The molecule has 1 atom stereocenters. The van der Waals surface area contributed by atoms with Crippen molar-refractivity contribution in [2.45, 2.75) is 56.7 Å². The maximum absolute atomic E-state index is 13.3. The molecule has 2 aromatic rings. The second-order valence-electron chi connectivity index (χ2n) is 8.54. The van der Waals surface area contributed by atoms with Crippen LogP contribution in [0.4, 0.5) is 5.13 Å². The molecule has 0 bridgehead atoms. The predicted octanol–water partition coefficient (Wildman–Crippen LogP) is 5.86. The Morgan fingerprint density at radius 1 is 1.20 bits per heavy atom. The number of ketones is 1. The quantitative estimate of drug-likeness (QED) is 0.412. The first-order valence-electron chi connectivity index (χ1n) is 10.1. The number of halogens is 1. The topological polar surface area (TPSA) is 63.2 Å². The van der Waals surface area contributed by atoms with Gasteiger partial charge in [-0.1, -0.05) is 67.6 Å². The molecule has 30 heavy (non-hydrogen) atoms. The number of carbonyl (C=O) groups is 2. The van der Waals surface area contributed by atoms with Gasteiger partial charge in [0.1, 0.15) is 0 Å². The maximum atomic E-state index is 13.3. The van der Waals surface area contributed by atoms with Crippen LogP contribution in [0.25, 0.3) is 0 Å². The van der Waals surface area contributed by atoms with Gasteiger partial charge in [-0.2, -0.15) is 0 Å². The molecule has 0 radical (unpaired) electrons. The van der Waals surface area contributed by atoms with Crippen molar-refractivity contribution in [3.63, 3.8) is 0 Å². The van der Waals surface area contributed by atoms with Crippen LogP contribution in [0.1, 0.15) is 57.9 Å². The molecule has 1 amide bonds. The van der Waals surface area contributed by atoms with Crippen molar-refractivity contribution in [1.82, 2.24) is 10.2 Å². The highest BCUT2D eigenvalue weighted by atomic mass is 35.5. The smallest absolute Gasteiger partial charge is 0.234 e. The molecule has 8 heteroatoms. The zero-order chi connectivity index (χ0) is 21.5. The van der Waals surface area contributed by atoms with E-state index < -0.39 is 0 Å². The van der Waals surface area contributed by atoms with E-state index in [4.69, 9.17) is 11.6 Å². The first-order chi connectivity index (χ1) is 14.3. The maximum Gasteiger partial charge on any atom is 0.234 e. The third-order valence-corrected chi connectivity index (χ3v) is 7.93. The number of rotatable bonds is 5. The molecule has 4 rings (SSSR count). The van der Waals surface area contributed by atoms with E-state index in [1.807, 2.05) is 24.3 Å². The van der Waals surface area contributed by atoms with Gasteiger partial charge in [-0.3, -0.25) is 14.5 Å². The number of carbonyl (C=O) groups excluding carboxylic acids is 2. The Hall–Kier alpha value is -1.70. The minimum absolute atomic E-state index is 0.0395.